The third-order valence-corrected chi connectivity index (χ3v) is 8.09. The average molecular weight is 558 g/mol. The first-order valence-corrected chi connectivity index (χ1v) is 12.8. The number of fused-ring (bicyclic) bond motifs is 6. The highest BCUT2D eigenvalue weighted by molar-refractivity contribution is 9.10. The molecule has 2 amide bonds. The van der Waals surface area contributed by atoms with Crippen molar-refractivity contribution in [1.82, 2.24) is 0 Å². The summed E-state index contributed by atoms with van der Waals surface area (Å²) in [7, 11) is 0. The molecule has 3 aliphatic heterocycles. The van der Waals surface area contributed by atoms with Gasteiger partial charge in [0.05, 0.1) is 23.4 Å². The summed E-state index contributed by atoms with van der Waals surface area (Å²) in [6.45, 7) is 2.06. The minimum atomic E-state index is -0.899. The Labute approximate surface area is 220 Å². The molecule has 3 aromatic carbocycles. The molecule has 7 rings (SSSR count). The van der Waals surface area contributed by atoms with Crippen LogP contribution >= 0.6 is 15.9 Å². The van der Waals surface area contributed by atoms with Crippen molar-refractivity contribution in [1.29, 1.82) is 0 Å². The molecule has 0 N–H and O–H groups in total. The van der Waals surface area contributed by atoms with Crippen LogP contribution < -0.4 is 19.1 Å². The minimum absolute atomic E-state index is 0.130. The van der Waals surface area contributed by atoms with Gasteiger partial charge in [0.15, 0.2) is 11.5 Å². The van der Waals surface area contributed by atoms with Crippen LogP contribution in [-0.2, 0) is 14.4 Å². The molecule has 1 fully saturated rings. The van der Waals surface area contributed by atoms with Gasteiger partial charge in [0, 0.05) is 16.0 Å². The Hall–Kier alpha value is -3.91. The molecule has 4 atom stereocenters. The summed E-state index contributed by atoms with van der Waals surface area (Å²) in [6, 6.07) is 18.3. The first-order chi connectivity index (χ1) is 17.9. The molecule has 0 spiro atoms. The summed E-state index contributed by atoms with van der Waals surface area (Å²) in [6.07, 6.45) is 1.97. The zero-order chi connectivity index (χ0) is 25.4. The molecule has 0 aromatic heterocycles. The zero-order valence-corrected chi connectivity index (χ0v) is 21.2. The van der Waals surface area contributed by atoms with Gasteiger partial charge in [-0.25, -0.2) is 4.90 Å². The lowest BCUT2D eigenvalue weighted by Crippen LogP contribution is -2.42. The molecular weight excluding hydrogens is 538 g/mol. The third kappa shape index (κ3) is 3.28. The molecule has 4 aliphatic rings. The fraction of sp³-hybridized carbons (Fsp3) is 0.207. The predicted molar refractivity (Wildman–Crippen MR) is 137 cm³/mol. The predicted octanol–water partition coefficient (Wildman–Crippen LogP) is 5.01. The fourth-order valence-electron chi connectivity index (χ4n) is 5.98. The number of rotatable bonds is 2. The van der Waals surface area contributed by atoms with E-state index >= 15 is 0 Å². The number of hydrogen-bond donors (Lipinski definition) is 0. The molecule has 1 saturated heterocycles. The Morgan fingerprint density at radius 1 is 0.865 bits per heavy atom. The van der Waals surface area contributed by atoms with Gasteiger partial charge in [0.2, 0.25) is 18.6 Å². The van der Waals surface area contributed by atoms with Crippen LogP contribution in [0.15, 0.2) is 71.2 Å². The van der Waals surface area contributed by atoms with Crippen molar-refractivity contribution >= 4 is 45.0 Å². The van der Waals surface area contributed by atoms with E-state index in [4.69, 9.17) is 14.2 Å². The molecule has 1 aliphatic carbocycles. The summed E-state index contributed by atoms with van der Waals surface area (Å²) in [5.74, 6) is -2.57. The van der Waals surface area contributed by atoms with Crippen molar-refractivity contribution in [2.45, 2.75) is 12.8 Å². The number of halogens is 1. The van der Waals surface area contributed by atoms with Gasteiger partial charge in [0.25, 0.3) is 0 Å². The van der Waals surface area contributed by atoms with Crippen molar-refractivity contribution in [3.8, 4) is 17.2 Å². The van der Waals surface area contributed by atoms with Crippen LogP contribution in [0, 0.1) is 24.7 Å². The molecule has 184 valence electrons. The van der Waals surface area contributed by atoms with Gasteiger partial charge in [-0.1, -0.05) is 46.3 Å². The van der Waals surface area contributed by atoms with E-state index < -0.39 is 35.5 Å². The smallest absolute Gasteiger partial charge is 0.319 e. The van der Waals surface area contributed by atoms with E-state index in [-0.39, 0.29) is 12.7 Å². The van der Waals surface area contributed by atoms with Crippen molar-refractivity contribution in [2.24, 2.45) is 17.8 Å². The Kier molecular flexibility index (Phi) is 4.85. The van der Waals surface area contributed by atoms with Crippen molar-refractivity contribution < 1.29 is 28.6 Å². The van der Waals surface area contributed by atoms with Crippen LogP contribution in [0.2, 0.25) is 0 Å². The molecule has 0 bridgehead atoms. The quantitative estimate of drug-likeness (QED) is 0.250. The fourth-order valence-corrected chi connectivity index (χ4v) is 6.37. The van der Waals surface area contributed by atoms with Gasteiger partial charge in [-0.3, -0.25) is 14.4 Å². The molecule has 3 heterocycles. The number of amides is 2. The second-order valence-corrected chi connectivity index (χ2v) is 10.6. The summed E-state index contributed by atoms with van der Waals surface area (Å²) in [4.78, 5) is 42.6. The van der Waals surface area contributed by atoms with E-state index in [1.54, 1.807) is 18.2 Å². The van der Waals surface area contributed by atoms with Crippen LogP contribution in [0.3, 0.4) is 0 Å². The second kappa shape index (κ2) is 8.05. The van der Waals surface area contributed by atoms with E-state index in [1.807, 2.05) is 55.5 Å². The number of nitrogens with zero attached hydrogens (tertiary/aromatic N) is 1. The average Bonchev–Trinajstić information content (AvgIpc) is 3.45. The lowest BCUT2D eigenvalue weighted by atomic mass is 9.64. The molecule has 8 heteroatoms. The van der Waals surface area contributed by atoms with Crippen molar-refractivity contribution in [3.63, 3.8) is 0 Å². The zero-order valence-electron chi connectivity index (χ0n) is 19.6. The molecule has 3 aromatic rings. The highest BCUT2D eigenvalue weighted by atomic mass is 79.9. The Balaban J connectivity index is 1.43. The summed E-state index contributed by atoms with van der Waals surface area (Å²) in [5, 5.41) is 0. The molecule has 0 saturated carbocycles. The van der Waals surface area contributed by atoms with E-state index in [2.05, 4.69) is 15.9 Å². The van der Waals surface area contributed by atoms with Crippen molar-refractivity contribution in [3.05, 3.63) is 87.9 Å². The van der Waals surface area contributed by atoms with E-state index in [1.165, 1.54) is 4.90 Å². The Morgan fingerprint density at radius 3 is 2.51 bits per heavy atom. The van der Waals surface area contributed by atoms with Crippen LogP contribution in [0.5, 0.6) is 17.2 Å². The normalized spacial score (nSPS) is 25.3. The monoisotopic (exact) mass is 557 g/mol. The number of esters is 1. The summed E-state index contributed by atoms with van der Waals surface area (Å²) >= 11 is 3.43. The standard InChI is InChI=1S/C29H20BrNO6/c1-14-5-7-18-20-12-19(15-6-8-21-23(10-15)36-13-35-21)24-26(25(20)29(34)37-22(18)9-14)28(33)31(27(24)32)17-4-2-3-16(30)11-17/h2-12,19,24-26H,13H2,1H3/t19-,24+,25-,26+/m1/s1. The van der Waals surface area contributed by atoms with Crippen LogP contribution in [0.25, 0.3) is 5.57 Å². The SMILES string of the molecule is Cc1ccc2c(c1)OC(=O)[C@@H]1C2=C[C@H](c2ccc3c(c2)OCO3)[C@@H]2C(=O)N(c3cccc(Br)c3)C(=O)[C@H]12. The first-order valence-electron chi connectivity index (χ1n) is 12.0. The minimum Gasteiger partial charge on any atom is -0.454 e. The van der Waals surface area contributed by atoms with Gasteiger partial charge < -0.3 is 14.2 Å². The van der Waals surface area contributed by atoms with Crippen LogP contribution in [0.1, 0.15) is 22.6 Å². The molecule has 37 heavy (non-hydrogen) atoms. The highest BCUT2D eigenvalue weighted by Gasteiger charge is 2.60. The largest absolute Gasteiger partial charge is 0.454 e. The second-order valence-electron chi connectivity index (χ2n) is 9.70. The highest BCUT2D eigenvalue weighted by Crippen LogP contribution is 2.55. The third-order valence-electron chi connectivity index (χ3n) is 7.60. The maximum Gasteiger partial charge on any atom is 0.319 e. The molecule has 0 unspecified atom stereocenters. The lowest BCUT2D eigenvalue weighted by Gasteiger charge is -2.38. The number of aryl methyl sites for hydroxylation is 1. The number of carbonyl (C=O) groups is 3. The lowest BCUT2D eigenvalue weighted by molar-refractivity contribution is -0.142. The molecule has 0 radical (unpaired) electrons. The summed E-state index contributed by atoms with van der Waals surface area (Å²) < 4.78 is 17.6. The van der Waals surface area contributed by atoms with Gasteiger partial charge in [0.1, 0.15) is 5.75 Å². The maximum absolute atomic E-state index is 14.0. The number of benzene rings is 3. The van der Waals surface area contributed by atoms with Gasteiger partial charge in [-0.05, 0) is 60.0 Å². The topological polar surface area (TPSA) is 82.1 Å². The van der Waals surface area contributed by atoms with Crippen LogP contribution in [-0.4, -0.2) is 24.6 Å². The maximum atomic E-state index is 14.0. The number of allylic oxidation sites excluding steroid dienone is 1. The van der Waals surface area contributed by atoms with Crippen LogP contribution in [0.4, 0.5) is 5.69 Å². The number of ether oxygens (including phenoxy) is 3. The number of anilines is 1. The summed E-state index contributed by atoms with van der Waals surface area (Å²) in [5.41, 5.74) is 3.72. The van der Waals surface area contributed by atoms with Gasteiger partial charge in [-0.2, -0.15) is 0 Å². The first kappa shape index (κ1) is 22.3. The van der Waals surface area contributed by atoms with E-state index in [9.17, 15) is 14.4 Å². The Morgan fingerprint density at radius 2 is 1.68 bits per heavy atom. The number of imide groups is 1. The molecule has 7 nitrogen and oxygen atoms in total. The van der Waals surface area contributed by atoms with Crippen molar-refractivity contribution in [2.75, 3.05) is 11.7 Å². The van der Waals surface area contributed by atoms with Gasteiger partial charge in [-0.15, -0.1) is 0 Å². The van der Waals surface area contributed by atoms with E-state index in [0.29, 0.717) is 28.5 Å². The molecular formula is C29H20BrNO6. The number of carbonyl (C=O) groups excluding carboxylic acids is 3. The Bertz CT molecular complexity index is 1560. The van der Waals surface area contributed by atoms with E-state index in [0.717, 1.165) is 21.2 Å². The van der Waals surface area contributed by atoms with Gasteiger partial charge >= 0.3 is 5.97 Å². The number of hydrogen-bond acceptors (Lipinski definition) is 6.